The molecule has 2 fully saturated rings. The van der Waals surface area contributed by atoms with Crippen molar-refractivity contribution in [2.45, 2.75) is 12.1 Å². The summed E-state index contributed by atoms with van der Waals surface area (Å²) in [5.74, 6) is -1.33. The fourth-order valence-electron chi connectivity index (χ4n) is 4.81. The maximum atomic E-state index is 13.8. The number of carbonyl (C=O) groups is 2. The van der Waals surface area contributed by atoms with E-state index >= 15 is 0 Å². The number of nitro benzene ring substituents is 1. The number of anilines is 2. The molecule has 3 aromatic carbocycles. The van der Waals surface area contributed by atoms with Crippen molar-refractivity contribution in [1.82, 2.24) is 0 Å². The molecule has 2 saturated heterocycles. The van der Waals surface area contributed by atoms with Crippen LogP contribution in [0.2, 0.25) is 0 Å². The van der Waals surface area contributed by atoms with E-state index in [1.165, 1.54) is 38.5 Å². The maximum absolute atomic E-state index is 13.8. The Morgan fingerprint density at radius 1 is 0.838 bits per heavy atom. The molecule has 190 valence electrons. The molecule has 11 nitrogen and oxygen atoms in total. The van der Waals surface area contributed by atoms with Gasteiger partial charge in [-0.15, -0.1) is 0 Å². The van der Waals surface area contributed by atoms with Crippen LogP contribution in [0.15, 0.2) is 66.7 Å². The number of nitro groups is 1. The van der Waals surface area contributed by atoms with Gasteiger partial charge in [-0.25, -0.2) is 9.96 Å². The highest BCUT2D eigenvalue weighted by molar-refractivity contribution is 6.24. The van der Waals surface area contributed by atoms with E-state index in [9.17, 15) is 19.7 Å². The highest BCUT2D eigenvalue weighted by Crippen LogP contribution is 2.51. The maximum Gasteiger partial charge on any atom is 0.278 e. The molecule has 0 radical (unpaired) electrons. The van der Waals surface area contributed by atoms with E-state index in [0.717, 1.165) is 4.90 Å². The summed E-state index contributed by atoms with van der Waals surface area (Å²) in [5.41, 5.74) is 0.694. The minimum atomic E-state index is -1.20. The molecule has 0 N–H and O–H groups in total. The van der Waals surface area contributed by atoms with Crippen molar-refractivity contribution in [2.24, 2.45) is 5.92 Å². The number of ether oxygens (including phenoxy) is 3. The van der Waals surface area contributed by atoms with E-state index in [1.54, 1.807) is 54.6 Å². The molecule has 2 aliphatic heterocycles. The van der Waals surface area contributed by atoms with Crippen LogP contribution < -0.4 is 24.2 Å². The topological polar surface area (TPSA) is 121 Å². The normalized spacial score (nSPS) is 20.7. The van der Waals surface area contributed by atoms with Crippen molar-refractivity contribution in [3.05, 3.63) is 82.4 Å². The van der Waals surface area contributed by atoms with Crippen LogP contribution >= 0.6 is 0 Å². The Hall–Kier alpha value is -4.64. The fourth-order valence-corrected chi connectivity index (χ4v) is 4.81. The Morgan fingerprint density at radius 2 is 1.51 bits per heavy atom. The van der Waals surface area contributed by atoms with Crippen molar-refractivity contribution < 1.29 is 33.6 Å². The van der Waals surface area contributed by atoms with Crippen LogP contribution in [0.25, 0.3) is 0 Å². The first-order valence-electron chi connectivity index (χ1n) is 11.3. The Kier molecular flexibility index (Phi) is 6.14. The number of imide groups is 1. The highest BCUT2D eigenvalue weighted by atomic mass is 16.7. The SMILES string of the molecule is COc1cccc(N2C(=O)[C@H]3[C@@H](c4cc(OC)c(OC)cc4[N+](=O)[O-])N(c4ccccc4)O[C@H]3C2=O)c1. The largest absolute Gasteiger partial charge is 0.497 e. The van der Waals surface area contributed by atoms with Crippen LogP contribution in [-0.4, -0.2) is 44.2 Å². The van der Waals surface area contributed by atoms with Crippen LogP contribution in [0.4, 0.5) is 17.1 Å². The predicted octanol–water partition coefficient (Wildman–Crippen LogP) is 3.67. The molecule has 0 bridgehead atoms. The standard InChI is InChI=1S/C26H23N3O8/c1-34-17-11-7-10-16(12-17)27-25(30)22-23(18-13-20(35-2)21(36-3)14-19(18)29(32)33)28(37-24(22)26(27)31)15-8-5-4-6-9-15/h4-14,22-24H,1-3H3/t22-,23+,24+/m0/s1. The van der Waals surface area contributed by atoms with Gasteiger partial charge in [0.1, 0.15) is 17.7 Å². The second-order valence-corrected chi connectivity index (χ2v) is 8.39. The van der Waals surface area contributed by atoms with Gasteiger partial charge in [-0.3, -0.25) is 24.5 Å². The lowest BCUT2D eigenvalue weighted by molar-refractivity contribution is -0.385. The average molecular weight is 505 g/mol. The number of benzene rings is 3. The summed E-state index contributed by atoms with van der Waals surface area (Å²) in [7, 11) is 4.26. The molecule has 0 unspecified atom stereocenters. The summed E-state index contributed by atoms with van der Waals surface area (Å²) in [6.07, 6.45) is -1.20. The van der Waals surface area contributed by atoms with E-state index in [1.807, 2.05) is 0 Å². The molecule has 0 spiro atoms. The first kappa shape index (κ1) is 24.1. The zero-order valence-corrected chi connectivity index (χ0v) is 20.2. The molecule has 0 aromatic heterocycles. The van der Waals surface area contributed by atoms with Crippen LogP contribution in [0.5, 0.6) is 17.2 Å². The van der Waals surface area contributed by atoms with E-state index in [2.05, 4.69) is 0 Å². The number of fused-ring (bicyclic) bond motifs is 1. The molecule has 3 atom stereocenters. The first-order chi connectivity index (χ1) is 17.9. The molecule has 11 heteroatoms. The number of hydrogen-bond donors (Lipinski definition) is 0. The van der Waals surface area contributed by atoms with Crippen LogP contribution in [-0.2, 0) is 14.4 Å². The lowest BCUT2D eigenvalue weighted by atomic mass is 9.89. The number of carbonyl (C=O) groups excluding carboxylic acids is 2. The van der Waals surface area contributed by atoms with Gasteiger partial charge in [-0.1, -0.05) is 24.3 Å². The average Bonchev–Trinajstić information content (AvgIpc) is 3.43. The second kappa shape index (κ2) is 9.43. The number of hydrogen-bond acceptors (Lipinski definition) is 9. The smallest absolute Gasteiger partial charge is 0.278 e. The predicted molar refractivity (Wildman–Crippen MR) is 132 cm³/mol. The third-order valence-corrected chi connectivity index (χ3v) is 6.49. The van der Waals surface area contributed by atoms with Crippen LogP contribution in [0.3, 0.4) is 0 Å². The second-order valence-electron chi connectivity index (χ2n) is 8.39. The molecule has 5 rings (SSSR count). The Labute approximate surface area is 211 Å². The van der Waals surface area contributed by atoms with Gasteiger partial charge in [-0.2, -0.15) is 0 Å². The van der Waals surface area contributed by atoms with Gasteiger partial charge < -0.3 is 14.2 Å². The van der Waals surface area contributed by atoms with Gasteiger partial charge in [0, 0.05) is 6.07 Å². The molecule has 3 aromatic rings. The minimum absolute atomic E-state index is 0.146. The molecular formula is C26H23N3O8. The monoisotopic (exact) mass is 505 g/mol. The Balaban J connectivity index is 1.68. The van der Waals surface area contributed by atoms with Gasteiger partial charge in [0.05, 0.1) is 49.3 Å². The van der Waals surface area contributed by atoms with Gasteiger partial charge in [-0.05, 0) is 30.3 Å². The number of nitrogens with zero attached hydrogens (tertiary/aromatic N) is 3. The quantitative estimate of drug-likeness (QED) is 0.269. The number of para-hydroxylation sites is 1. The molecular weight excluding hydrogens is 482 g/mol. The molecule has 0 saturated carbocycles. The minimum Gasteiger partial charge on any atom is -0.497 e. The van der Waals surface area contributed by atoms with Crippen molar-refractivity contribution in [1.29, 1.82) is 0 Å². The van der Waals surface area contributed by atoms with E-state index in [0.29, 0.717) is 17.1 Å². The zero-order valence-electron chi connectivity index (χ0n) is 20.2. The molecule has 37 heavy (non-hydrogen) atoms. The fraction of sp³-hybridized carbons (Fsp3) is 0.231. The summed E-state index contributed by atoms with van der Waals surface area (Å²) >= 11 is 0. The van der Waals surface area contributed by atoms with Crippen LogP contribution in [0, 0.1) is 16.0 Å². The third-order valence-electron chi connectivity index (χ3n) is 6.49. The number of hydroxylamine groups is 1. The van der Waals surface area contributed by atoms with Crippen molar-refractivity contribution in [3.63, 3.8) is 0 Å². The van der Waals surface area contributed by atoms with Crippen molar-refractivity contribution >= 4 is 28.9 Å². The van der Waals surface area contributed by atoms with Gasteiger partial charge >= 0.3 is 0 Å². The summed E-state index contributed by atoms with van der Waals surface area (Å²) in [5, 5.41) is 13.5. The molecule has 2 amide bonds. The van der Waals surface area contributed by atoms with E-state index in [-0.39, 0.29) is 22.7 Å². The summed E-state index contributed by atoms with van der Waals surface area (Å²) in [6.45, 7) is 0. The first-order valence-corrected chi connectivity index (χ1v) is 11.3. The summed E-state index contributed by atoms with van der Waals surface area (Å²) in [6, 6.07) is 17.0. The number of amides is 2. The molecule has 2 heterocycles. The van der Waals surface area contributed by atoms with Gasteiger partial charge in [0.2, 0.25) is 5.91 Å². The lowest BCUT2D eigenvalue weighted by Crippen LogP contribution is -2.37. The molecule has 2 aliphatic rings. The van der Waals surface area contributed by atoms with E-state index < -0.39 is 34.8 Å². The van der Waals surface area contributed by atoms with Gasteiger partial charge in [0.15, 0.2) is 17.6 Å². The highest BCUT2D eigenvalue weighted by Gasteiger charge is 2.61. The van der Waals surface area contributed by atoms with E-state index in [4.69, 9.17) is 19.0 Å². The van der Waals surface area contributed by atoms with Crippen LogP contribution in [0.1, 0.15) is 11.6 Å². The van der Waals surface area contributed by atoms with Gasteiger partial charge in [0.25, 0.3) is 11.6 Å². The Morgan fingerprint density at radius 3 is 2.16 bits per heavy atom. The number of methoxy groups -OCH3 is 3. The summed E-state index contributed by atoms with van der Waals surface area (Å²) in [4.78, 5) is 46.1. The third kappa shape index (κ3) is 3.89. The Bertz CT molecular complexity index is 1380. The number of rotatable bonds is 7. The molecule has 0 aliphatic carbocycles. The zero-order chi connectivity index (χ0) is 26.3. The van der Waals surface area contributed by atoms with Crippen molar-refractivity contribution in [3.8, 4) is 17.2 Å². The summed E-state index contributed by atoms with van der Waals surface area (Å²) < 4.78 is 15.9. The van der Waals surface area contributed by atoms with Crippen molar-refractivity contribution in [2.75, 3.05) is 31.3 Å². The lowest BCUT2D eigenvalue weighted by Gasteiger charge is -2.29.